The Balaban J connectivity index is 1.78. The highest BCUT2D eigenvalue weighted by Crippen LogP contribution is 2.21. The first-order valence-electron chi connectivity index (χ1n) is 9.41. The third-order valence-electron chi connectivity index (χ3n) is 4.25. The fourth-order valence-electron chi connectivity index (χ4n) is 2.85. The lowest BCUT2D eigenvalue weighted by atomic mass is 10.0. The number of nitrogens with one attached hydrogen (secondary N) is 1. The van der Waals surface area contributed by atoms with Gasteiger partial charge in [0.25, 0.3) is 5.17 Å². The maximum Gasteiger partial charge on any atom is 0.266 e. The van der Waals surface area contributed by atoms with Crippen molar-refractivity contribution in [1.82, 2.24) is 0 Å². The molecule has 0 aliphatic rings. The lowest BCUT2D eigenvalue weighted by molar-refractivity contribution is 0.546. The summed E-state index contributed by atoms with van der Waals surface area (Å²) < 4.78 is 5.88. The summed E-state index contributed by atoms with van der Waals surface area (Å²) in [4.78, 5) is 0. The van der Waals surface area contributed by atoms with Gasteiger partial charge in [0.05, 0.1) is 0 Å². The van der Waals surface area contributed by atoms with Crippen LogP contribution in [0.1, 0.15) is 57.4 Å². The van der Waals surface area contributed by atoms with Crippen LogP contribution in [0.15, 0.2) is 54.6 Å². The maximum atomic E-state index is 5.88. The van der Waals surface area contributed by atoms with Gasteiger partial charge in [-0.3, -0.25) is 0 Å². The Morgan fingerprint density at radius 3 is 2.24 bits per heavy atom. The van der Waals surface area contributed by atoms with Crippen molar-refractivity contribution in [3.05, 3.63) is 60.2 Å². The first-order valence-corrected chi connectivity index (χ1v) is 9.82. The zero-order valence-electron chi connectivity index (χ0n) is 15.2. The Bertz CT molecular complexity index is 627. The zero-order chi connectivity index (χ0) is 17.7. The second-order valence-electron chi connectivity index (χ2n) is 6.36. The fraction of sp³-hybridized carbons (Fsp3) is 0.409. The molecule has 0 aliphatic heterocycles. The molecule has 0 radical (unpaired) electrons. The summed E-state index contributed by atoms with van der Waals surface area (Å²) in [7, 11) is 0. The van der Waals surface area contributed by atoms with Gasteiger partial charge in [-0.1, -0.05) is 81.8 Å². The quantitative estimate of drug-likeness (QED) is 0.376. The number of hydrogen-bond donors (Lipinski definition) is 1. The Kier molecular flexibility index (Phi) is 9.06. The van der Waals surface area contributed by atoms with Crippen molar-refractivity contribution in [1.29, 1.82) is 0 Å². The molecule has 0 amide bonds. The number of hydrogen-bond acceptors (Lipinski definition) is 2. The highest BCUT2D eigenvalue weighted by Gasteiger charge is 2.06. The van der Waals surface area contributed by atoms with E-state index in [0.717, 1.165) is 17.9 Å². The van der Waals surface area contributed by atoms with E-state index < -0.39 is 0 Å². The molecule has 0 saturated heterocycles. The average molecular weight is 356 g/mol. The third kappa shape index (κ3) is 7.70. The number of benzene rings is 2. The molecular weight excluding hydrogens is 326 g/mol. The lowest BCUT2D eigenvalue weighted by Gasteiger charge is -2.13. The van der Waals surface area contributed by atoms with E-state index in [1.807, 2.05) is 42.5 Å². The van der Waals surface area contributed by atoms with E-state index in [0.29, 0.717) is 5.17 Å². The Morgan fingerprint density at radius 1 is 0.840 bits per heavy atom. The van der Waals surface area contributed by atoms with Crippen molar-refractivity contribution in [3.8, 4) is 5.75 Å². The SMILES string of the molecule is CCCCCCCCCc1ccccc1OC(=S)Nc1ccccc1. The van der Waals surface area contributed by atoms with Gasteiger partial charge in [-0.2, -0.15) is 0 Å². The van der Waals surface area contributed by atoms with Crippen molar-refractivity contribution in [2.24, 2.45) is 0 Å². The van der Waals surface area contributed by atoms with Crippen molar-refractivity contribution < 1.29 is 4.74 Å². The van der Waals surface area contributed by atoms with Crippen LogP contribution in [0.2, 0.25) is 0 Å². The normalized spacial score (nSPS) is 10.4. The van der Waals surface area contributed by atoms with E-state index in [1.54, 1.807) is 0 Å². The highest BCUT2D eigenvalue weighted by atomic mass is 32.1. The molecule has 0 unspecified atom stereocenters. The van der Waals surface area contributed by atoms with Crippen molar-refractivity contribution in [2.45, 2.75) is 58.3 Å². The van der Waals surface area contributed by atoms with Crippen LogP contribution < -0.4 is 10.1 Å². The predicted octanol–water partition coefficient (Wildman–Crippen LogP) is 6.76. The van der Waals surface area contributed by atoms with E-state index in [2.05, 4.69) is 24.4 Å². The van der Waals surface area contributed by atoms with Gasteiger partial charge in [0.2, 0.25) is 0 Å². The monoisotopic (exact) mass is 355 g/mol. The van der Waals surface area contributed by atoms with Crippen LogP contribution in [0.3, 0.4) is 0 Å². The topological polar surface area (TPSA) is 21.3 Å². The number of unbranched alkanes of at least 4 members (excludes halogenated alkanes) is 6. The standard InChI is InChI=1S/C22H29NOS/c1-2-3-4-5-6-7-9-14-19-15-12-13-18-21(19)24-22(25)23-20-16-10-8-11-17-20/h8,10-13,15-18H,2-7,9,14H2,1H3,(H,23,25). The average Bonchev–Trinajstić information content (AvgIpc) is 2.63. The van der Waals surface area contributed by atoms with Crippen LogP contribution in [0, 0.1) is 0 Å². The summed E-state index contributed by atoms with van der Waals surface area (Å²) in [5.74, 6) is 0.863. The van der Waals surface area contributed by atoms with Gasteiger partial charge in [0, 0.05) is 5.69 Å². The number of para-hydroxylation sites is 2. The minimum absolute atomic E-state index is 0.387. The van der Waals surface area contributed by atoms with Crippen molar-refractivity contribution in [2.75, 3.05) is 5.32 Å². The first-order chi connectivity index (χ1) is 12.3. The maximum absolute atomic E-state index is 5.88. The first kappa shape index (κ1) is 19.5. The molecule has 2 aromatic rings. The molecule has 0 spiro atoms. The molecule has 0 fully saturated rings. The van der Waals surface area contributed by atoms with Gasteiger partial charge in [-0.25, -0.2) is 0 Å². The van der Waals surface area contributed by atoms with E-state index in [9.17, 15) is 0 Å². The Hall–Kier alpha value is -1.87. The molecule has 2 nitrogen and oxygen atoms in total. The van der Waals surface area contributed by atoms with Crippen LogP contribution in [-0.2, 0) is 6.42 Å². The number of ether oxygens (including phenoxy) is 1. The van der Waals surface area contributed by atoms with Gasteiger partial charge in [0.15, 0.2) is 0 Å². The minimum atomic E-state index is 0.387. The molecule has 25 heavy (non-hydrogen) atoms. The Morgan fingerprint density at radius 2 is 1.48 bits per heavy atom. The van der Waals surface area contributed by atoms with Gasteiger partial charge in [-0.15, -0.1) is 0 Å². The minimum Gasteiger partial charge on any atom is -0.431 e. The van der Waals surface area contributed by atoms with Crippen LogP contribution in [-0.4, -0.2) is 5.17 Å². The molecule has 2 aromatic carbocycles. The summed E-state index contributed by atoms with van der Waals surface area (Å²) in [5.41, 5.74) is 2.17. The zero-order valence-corrected chi connectivity index (χ0v) is 16.0. The van der Waals surface area contributed by atoms with Gasteiger partial charge in [-0.05, 0) is 48.8 Å². The number of anilines is 1. The molecule has 0 bridgehead atoms. The van der Waals surface area contributed by atoms with Crippen molar-refractivity contribution in [3.63, 3.8) is 0 Å². The smallest absolute Gasteiger partial charge is 0.266 e. The number of aryl methyl sites for hydroxylation is 1. The summed E-state index contributed by atoms with van der Waals surface area (Å²) >= 11 is 5.34. The summed E-state index contributed by atoms with van der Waals surface area (Å²) in [6, 6.07) is 18.1. The third-order valence-corrected chi connectivity index (χ3v) is 4.43. The summed E-state index contributed by atoms with van der Waals surface area (Å²) in [6.45, 7) is 2.26. The molecule has 134 valence electrons. The van der Waals surface area contributed by atoms with Gasteiger partial charge >= 0.3 is 0 Å². The second kappa shape index (κ2) is 11.6. The molecule has 0 saturated carbocycles. The summed E-state index contributed by atoms with van der Waals surface area (Å²) in [6.07, 6.45) is 10.3. The number of rotatable bonds is 10. The molecule has 0 heterocycles. The van der Waals surface area contributed by atoms with Crippen LogP contribution in [0.4, 0.5) is 5.69 Å². The highest BCUT2D eigenvalue weighted by molar-refractivity contribution is 7.80. The second-order valence-corrected chi connectivity index (χ2v) is 6.73. The molecule has 3 heteroatoms. The molecule has 0 atom stereocenters. The largest absolute Gasteiger partial charge is 0.431 e. The van der Waals surface area contributed by atoms with Crippen molar-refractivity contribution >= 4 is 23.1 Å². The van der Waals surface area contributed by atoms with E-state index >= 15 is 0 Å². The predicted molar refractivity (Wildman–Crippen MR) is 111 cm³/mol. The molecule has 0 aromatic heterocycles. The molecule has 1 N–H and O–H groups in total. The van der Waals surface area contributed by atoms with E-state index in [-0.39, 0.29) is 0 Å². The molecule has 0 aliphatic carbocycles. The van der Waals surface area contributed by atoms with E-state index in [1.165, 1.54) is 50.5 Å². The number of thiocarbonyl (C=S) groups is 1. The summed E-state index contributed by atoms with van der Waals surface area (Å²) in [5, 5.41) is 3.51. The van der Waals surface area contributed by atoms with Crippen LogP contribution in [0.25, 0.3) is 0 Å². The van der Waals surface area contributed by atoms with Gasteiger partial charge < -0.3 is 10.1 Å². The Labute approximate surface area is 157 Å². The van der Waals surface area contributed by atoms with Crippen LogP contribution in [0.5, 0.6) is 5.75 Å². The molecular formula is C22H29NOS. The lowest BCUT2D eigenvalue weighted by Crippen LogP contribution is -2.17. The van der Waals surface area contributed by atoms with Crippen LogP contribution >= 0.6 is 12.2 Å². The molecule has 2 rings (SSSR count). The van der Waals surface area contributed by atoms with Gasteiger partial charge in [0.1, 0.15) is 5.75 Å². The van der Waals surface area contributed by atoms with E-state index in [4.69, 9.17) is 17.0 Å². The fourth-order valence-corrected chi connectivity index (χ4v) is 3.05.